The van der Waals surface area contributed by atoms with Crippen LogP contribution in [0.15, 0.2) is 60.9 Å². The molecule has 0 spiro atoms. The minimum absolute atomic E-state index is 0.0387. The summed E-state index contributed by atoms with van der Waals surface area (Å²) in [6.45, 7) is 3.83. The average Bonchev–Trinajstić information content (AvgIpc) is 3.32. The number of ether oxygens (including phenoxy) is 3. The van der Waals surface area contributed by atoms with E-state index in [2.05, 4.69) is 20.3 Å². The number of nitrogens with one attached hydrogen (secondary N) is 2. The quantitative estimate of drug-likeness (QED) is 0.327. The first-order valence-electron chi connectivity index (χ1n) is 12.1. The molecule has 0 saturated carbocycles. The Kier molecular flexibility index (Phi) is 8.30. The Morgan fingerprint density at radius 1 is 1.13 bits per heavy atom. The van der Waals surface area contributed by atoms with Crippen LogP contribution in [-0.4, -0.2) is 49.4 Å². The summed E-state index contributed by atoms with van der Waals surface area (Å²) in [5, 5.41) is 17.9. The fourth-order valence-corrected chi connectivity index (χ4v) is 4.20. The molecule has 1 fully saturated rings. The summed E-state index contributed by atoms with van der Waals surface area (Å²) in [6, 6.07) is 10.6. The number of halogens is 3. The molecule has 2 aromatic rings. The topological polar surface area (TPSA) is 98.1 Å². The fourth-order valence-electron chi connectivity index (χ4n) is 4.20. The maximum Gasteiger partial charge on any atom is 0.573 e. The second-order valence-electron chi connectivity index (χ2n) is 9.19. The molecule has 9 nitrogen and oxygen atoms in total. The van der Waals surface area contributed by atoms with E-state index in [1.807, 2.05) is 13.0 Å². The van der Waals surface area contributed by atoms with E-state index in [0.717, 1.165) is 24.1 Å². The van der Waals surface area contributed by atoms with E-state index < -0.39 is 16.9 Å². The molecule has 12 heteroatoms. The lowest BCUT2D eigenvalue weighted by atomic mass is 10.1. The van der Waals surface area contributed by atoms with Crippen LogP contribution in [0.1, 0.15) is 25.3 Å². The predicted octanol–water partition coefficient (Wildman–Crippen LogP) is 4.95. The summed E-state index contributed by atoms with van der Waals surface area (Å²) in [7, 11) is 0. The second-order valence-corrected chi connectivity index (χ2v) is 9.19. The highest BCUT2D eigenvalue weighted by molar-refractivity contribution is 5.60. The van der Waals surface area contributed by atoms with Gasteiger partial charge in [0.05, 0.1) is 17.6 Å². The lowest BCUT2D eigenvalue weighted by Gasteiger charge is -2.33. The number of anilines is 1. The Morgan fingerprint density at radius 3 is 2.45 bits per heavy atom. The van der Waals surface area contributed by atoms with Crippen molar-refractivity contribution in [3.63, 3.8) is 0 Å². The lowest BCUT2D eigenvalue weighted by molar-refractivity contribution is -0.385. The molecule has 2 aliphatic heterocycles. The van der Waals surface area contributed by atoms with Crippen LogP contribution >= 0.6 is 0 Å². The molecule has 4 rings (SSSR count). The minimum atomic E-state index is -4.71. The van der Waals surface area contributed by atoms with Gasteiger partial charge in [-0.1, -0.05) is 24.3 Å². The zero-order chi connectivity index (χ0) is 27.2. The largest absolute Gasteiger partial charge is 0.573 e. The molecule has 2 N–H and O–H groups in total. The molecule has 0 unspecified atom stereocenters. The summed E-state index contributed by atoms with van der Waals surface area (Å²) in [5.41, 5.74) is 0.872. The summed E-state index contributed by atoms with van der Waals surface area (Å²) in [4.78, 5) is 13.3. The first kappa shape index (κ1) is 27.1. The van der Waals surface area contributed by atoms with Gasteiger partial charge >= 0.3 is 12.0 Å². The van der Waals surface area contributed by atoms with Gasteiger partial charge in [-0.15, -0.1) is 13.2 Å². The molecular weight excluding hydrogens is 505 g/mol. The van der Waals surface area contributed by atoms with Crippen molar-refractivity contribution in [3.8, 4) is 11.5 Å². The van der Waals surface area contributed by atoms with E-state index in [0.29, 0.717) is 19.7 Å². The number of nitro benzene ring substituents is 1. The van der Waals surface area contributed by atoms with Crippen molar-refractivity contribution in [1.29, 1.82) is 0 Å². The minimum Gasteiger partial charge on any atom is -0.482 e. The van der Waals surface area contributed by atoms with Crippen molar-refractivity contribution >= 4 is 17.5 Å². The Balaban J connectivity index is 1.24. The van der Waals surface area contributed by atoms with E-state index in [-0.39, 0.29) is 29.9 Å². The van der Waals surface area contributed by atoms with Crippen LogP contribution in [-0.2, 0) is 4.74 Å². The highest BCUT2D eigenvalue weighted by Gasteiger charge is 2.31. The number of benzene rings is 2. The van der Waals surface area contributed by atoms with E-state index >= 15 is 0 Å². The lowest BCUT2D eigenvalue weighted by Crippen LogP contribution is -2.50. The Labute approximate surface area is 218 Å². The van der Waals surface area contributed by atoms with Crippen LogP contribution in [0.2, 0.25) is 0 Å². The SMILES string of the molecule is CC1(COc2ccc(N3CCC(OCC=Cc4ccc(OC(F)(F)F)cc4)CC3)cc2[N+](=O)[O-])NC=CN1. The van der Waals surface area contributed by atoms with Gasteiger partial charge in [-0.05, 0) is 49.6 Å². The predicted molar refractivity (Wildman–Crippen MR) is 136 cm³/mol. The Bertz CT molecular complexity index is 1150. The third kappa shape index (κ3) is 7.54. The van der Waals surface area contributed by atoms with Crippen molar-refractivity contribution < 1.29 is 32.3 Å². The normalized spacial score (nSPS) is 17.3. The third-order valence-electron chi connectivity index (χ3n) is 6.20. The number of alkyl halides is 3. The highest BCUT2D eigenvalue weighted by Crippen LogP contribution is 2.33. The summed E-state index contributed by atoms with van der Waals surface area (Å²) in [5.74, 6) is -0.0567. The van der Waals surface area contributed by atoms with Crippen molar-refractivity contribution in [2.75, 3.05) is 31.2 Å². The summed E-state index contributed by atoms with van der Waals surface area (Å²) >= 11 is 0. The van der Waals surface area contributed by atoms with E-state index in [4.69, 9.17) is 9.47 Å². The molecule has 0 radical (unpaired) electrons. The van der Waals surface area contributed by atoms with Crippen molar-refractivity contribution in [3.05, 3.63) is 76.6 Å². The average molecular weight is 535 g/mol. The smallest absolute Gasteiger partial charge is 0.482 e. The van der Waals surface area contributed by atoms with E-state index in [1.54, 1.807) is 36.7 Å². The Hall–Kier alpha value is -3.93. The van der Waals surface area contributed by atoms with Gasteiger partial charge in [0.25, 0.3) is 0 Å². The van der Waals surface area contributed by atoms with Gasteiger partial charge in [-0.3, -0.25) is 10.1 Å². The van der Waals surface area contributed by atoms with Gasteiger partial charge in [0.2, 0.25) is 0 Å². The van der Waals surface area contributed by atoms with Gasteiger partial charge in [-0.2, -0.15) is 0 Å². The van der Waals surface area contributed by atoms with Gasteiger partial charge in [-0.25, -0.2) is 0 Å². The third-order valence-corrected chi connectivity index (χ3v) is 6.20. The van der Waals surface area contributed by atoms with Crippen molar-refractivity contribution in [2.45, 2.75) is 37.9 Å². The number of piperidine rings is 1. The maximum absolute atomic E-state index is 12.2. The highest BCUT2D eigenvalue weighted by atomic mass is 19.4. The molecular formula is C26H29F3N4O5. The van der Waals surface area contributed by atoms with Crippen LogP contribution in [0.25, 0.3) is 6.08 Å². The van der Waals surface area contributed by atoms with Gasteiger partial charge in [0, 0.05) is 37.2 Å². The number of nitro groups is 1. The summed E-state index contributed by atoms with van der Waals surface area (Å²) < 4.78 is 52.3. The first-order valence-corrected chi connectivity index (χ1v) is 12.1. The van der Waals surface area contributed by atoms with Crippen LogP contribution in [0.3, 0.4) is 0 Å². The number of nitrogens with zero attached hydrogens (tertiary/aromatic N) is 2. The van der Waals surface area contributed by atoms with E-state index in [9.17, 15) is 23.3 Å². The van der Waals surface area contributed by atoms with Gasteiger partial charge < -0.3 is 29.7 Å². The molecule has 2 aliphatic rings. The van der Waals surface area contributed by atoms with Crippen LogP contribution < -0.4 is 25.0 Å². The Morgan fingerprint density at radius 2 is 1.82 bits per heavy atom. The molecule has 2 heterocycles. The standard InChI is InChI=1S/C26H29F3N4O5/c1-25(30-12-13-31-25)18-37-24-9-6-20(17-23(24)33(34)35)32-14-10-21(11-15-32)36-16-2-3-19-4-7-22(8-5-19)38-26(27,28)29/h2-9,12-13,17,21,30-31H,10-11,14-16,18H2,1H3. The van der Waals surface area contributed by atoms with E-state index in [1.165, 1.54) is 24.3 Å². The maximum atomic E-state index is 12.2. The fraction of sp³-hybridized carbons (Fsp3) is 0.385. The number of hydrogen-bond acceptors (Lipinski definition) is 8. The molecule has 0 atom stereocenters. The monoisotopic (exact) mass is 534 g/mol. The number of rotatable bonds is 10. The van der Waals surface area contributed by atoms with Crippen molar-refractivity contribution in [2.24, 2.45) is 0 Å². The molecule has 2 aromatic carbocycles. The van der Waals surface area contributed by atoms with Gasteiger partial charge in [0.1, 0.15) is 18.0 Å². The van der Waals surface area contributed by atoms with Crippen LogP contribution in [0.4, 0.5) is 24.5 Å². The molecule has 38 heavy (non-hydrogen) atoms. The zero-order valence-electron chi connectivity index (χ0n) is 20.7. The molecule has 1 saturated heterocycles. The van der Waals surface area contributed by atoms with Crippen molar-refractivity contribution in [1.82, 2.24) is 10.6 Å². The van der Waals surface area contributed by atoms with Crippen LogP contribution in [0, 0.1) is 10.1 Å². The first-order chi connectivity index (χ1) is 18.1. The number of hydrogen-bond donors (Lipinski definition) is 2. The molecule has 0 aromatic heterocycles. The molecule has 0 aliphatic carbocycles. The molecule has 0 bridgehead atoms. The second kappa shape index (κ2) is 11.6. The molecule has 0 amide bonds. The van der Waals surface area contributed by atoms with Gasteiger partial charge in [0.15, 0.2) is 5.75 Å². The molecule has 204 valence electrons. The zero-order valence-corrected chi connectivity index (χ0v) is 20.7. The summed E-state index contributed by atoms with van der Waals surface area (Å²) in [6.07, 6.45) is 3.92. The van der Waals surface area contributed by atoms with Crippen LogP contribution in [0.5, 0.6) is 11.5 Å².